The summed E-state index contributed by atoms with van der Waals surface area (Å²) in [5, 5.41) is 0. The van der Waals surface area contributed by atoms with Gasteiger partial charge in [0.15, 0.2) is 11.5 Å². The van der Waals surface area contributed by atoms with E-state index in [4.69, 9.17) is 20.9 Å². The molecular formula is C10H16N2O2. The quantitative estimate of drug-likeness (QED) is 0.718. The van der Waals surface area contributed by atoms with Gasteiger partial charge in [0.05, 0.1) is 24.6 Å². The first-order valence-electron chi connectivity index (χ1n) is 4.64. The Labute approximate surface area is 83.8 Å². The Bertz CT molecular complexity index is 282. The summed E-state index contributed by atoms with van der Waals surface area (Å²) in [7, 11) is 0. The zero-order valence-corrected chi connectivity index (χ0v) is 8.54. The standard InChI is InChI=1S/C10H16N2O2/c1-3-13-9-7(11)5-6-8(12)10(9)14-4-2/h5-6H,3-4,11-12H2,1-2H3. The van der Waals surface area contributed by atoms with Crippen LogP contribution in [0.25, 0.3) is 0 Å². The number of ether oxygens (including phenoxy) is 2. The van der Waals surface area contributed by atoms with Crippen molar-refractivity contribution in [1.29, 1.82) is 0 Å². The monoisotopic (exact) mass is 196 g/mol. The SMILES string of the molecule is CCOc1c(N)ccc(N)c1OCC. The number of nitrogens with two attached hydrogens (primary N) is 2. The van der Waals surface area contributed by atoms with Crippen LogP contribution in [0.5, 0.6) is 11.5 Å². The van der Waals surface area contributed by atoms with E-state index in [9.17, 15) is 0 Å². The highest BCUT2D eigenvalue weighted by Gasteiger charge is 2.11. The second-order valence-electron chi connectivity index (χ2n) is 2.77. The van der Waals surface area contributed by atoms with E-state index in [0.717, 1.165) is 0 Å². The predicted molar refractivity (Wildman–Crippen MR) is 57.6 cm³/mol. The van der Waals surface area contributed by atoms with Gasteiger partial charge in [-0.1, -0.05) is 0 Å². The van der Waals surface area contributed by atoms with Crippen molar-refractivity contribution in [3.63, 3.8) is 0 Å². The molecular weight excluding hydrogens is 180 g/mol. The summed E-state index contributed by atoms with van der Waals surface area (Å²) in [4.78, 5) is 0. The van der Waals surface area contributed by atoms with Gasteiger partial charge in [-0.05, 0) is 26.0 Å². The second kappa shape index (κ2) is 4.60. The summed E-state index contributed by atoms with van der Waals surface area (Å²) in [5.74, 6) is 1.07. The molecule has 0 radical (unpaired) electrons. The molecule has 0 saturated heterocycles. The molecule has 0 amide bonds. The molecule has 0 unspecified atom stereocenters. The van der Waals surface area contributed by atoms with Crippen LogP contribution < -0.4 is 20.9 Å². The number of hydrogen-bond acceptors (Lipinski definition) is 4. The van der Waals surface area contributed by atoms with E-state index in [1.807, 2.05) is 13.8 Å². The highest BCUT2D eigenvalue weighted by atomic mass is 16.5. The molecule has 78 valence electrons. The Balaban J connectivity index is 3.12. The van der Waals surface area contributed by atoms with Crippen LogP contribution in [-0.4, -0.2) is 13.2 Å². The maximum Gasteiger partial charge on any atom is 0.186 e. The van der Waals surface area contributed by atoms with Crippen molar-refractivity contribution in [2.24, 2.45) is 0 Å². The molecule has 1 aromatic carbocycles. The lowest BCUT2D eigenvalue weighted by Gasteiger charge is -2.14. The van der Waals surface area contributed by atoms with Crippen molar-refractivity contribution >= 4 is 11.4 Å². The van der Waals surface area contributed by atoms with Crippen LogP contribution in [0.4, 0.5) is 11.4 Å². The topological polar surface area (TPSA) is 70.5 Å². The first-order valence-corrected chi connectivity index (χ1v) is 4.64. The van der Waals surface area contributed by atoms with Gasteiger partial charge in [0.1, 0.15) is 0 Å². The van der Waals surface area contributed by atoms with Crippen LogP contribution in [0, 0.1) is 0 Å². The van der Waals surface area contributed by atoms with Crippen molar-refractivity contribution in [1.82, 2.24) is 0 Å². The third-order valence-electron chi connectivity index (χ3n) is 1.75. The maximum atomic E-state index is 5.75. The normalized spacial score (nSPS) is 9.86. The van der Waals surface area contributed by atoms with E-state index in [2.05, 4.69) is 0 Å². The predicted octanol–water partition coefficient (Wildman–Crippen LogP) is 1.65. The molecule has 0 fully saturated rings. The molecule has 4 heteroatoms. The van der Waals surface area contributed by atoms with Gasteiger partial charge in [-0.25, -0.2) is 0 Å². The van der Waals surface area contributed by atoms with Crippen molar-refractivity contribution in [2.75, 3.05) is 24.7 Å². The summed E-state index contributed by atoms with van der Waals surface area (Å²) in [5.41, 5.74) is 12.6. The number of rotatable bonds is 4. The van der Waals surface area contributed by atoms with Gasteiger partial charge in [-0.15, -0.1) is 0 Å². The molecule has 0 aromatic heterocycles. The fourth-order valence-corrected chi connectivity index (χ4v) is 1.18. The first-order chi connectivity index (χ1) is 6.70. The molecule has 14 heavy (non-hydrogen) atoms. The van der Waals surface area contributed by atoms with Gasteiger partial charge in [0.2, 0.25) is 0 Å². The van der Waals surface area contributed by atoms with Crippen molar-refractivity contribution < 1.29 is 9.47 Å². The lowest BCUT2D eigenvalue weighted by molar-refractivity contribution is 0.290. The highest BCUT2D eigenvalue weighted by molar-refractivity contribution is 5.70. The van der Waals surface area contributed by atoms with Crippen LogP contribution >= 0.6 is 0 Å². The average Bonchev–Trinajstić information content (AvgIpc) is 2.17. The minimum atomic E-state index is 0.535. The maximum absolute atomic E-state index is 5.75. The minimum Gasteiger partial charge on any atom is -0.488 e. The fourth-order valence-electron chi connectivity index (χ4n) is 1.18. The molecule has 0 atom stereocenters. The van der Waals surface area contributed by atoms with Crippen LogP contribution in [0.1, 0.15) is 13.8 Å². The zero-order chi connectivity index (χ0) is 10.6. The second-order valence-corrected chi connectivity index (χ2v) is 2.77. The number of nitrogen functional groups attached to an aromatic ring is 2. The molecule has 0 spiro atoms. The number of anilines is 2. The molecule has 0 aliphatic carbocycles. The van der Waals surface area contributed by atoms with E-state index in [1.54, 1.807) is 12.1 Å². The molecule has 1 aromatic rings. The Morgan fingerprint density at radius 1 is 0.929 bits per heavy atom. The smallest absolute Gasteiger partial charge is 0.186 e. The van der Waals surface area contributed by atoms with Gasteiger partial charge in [0.25, 0.3) is 0 Å². The van der Waals surface area contributed by atoms with Gasteiger partial charge < -0.3 is 20.9 Å². The lowest BCUT2D eigenvalue weighted by Crippen LogP contribution is -2.04. The Morgan fingerprint density at radius 2 is 1.29 bits per heavy atom. The van der Waals surface area contributed by atoms with Gasteiger partial charge >= 0.3 is 0 Å². The Morgan fingerprint density at radius 3 is 1.57 bits per heavy atom. The van der Waals surface area contributed by atoms with E-state index in [-0.39, 0.29) is 0 Å². The third-order valence-corrected chi connectivity index (χ3v) is 1.75. The van der Waals surface area contributed by atoms with E-state index in [1.165, 1.54) is 0 Å². The van der Waals surface area contributed by atoms with Crippen molar-refractivity contribution in [3.05, 3.63) is 12.1 Å². The first kappa shape index (κ1) is 10.5. The van der Waals surface area contributed by atoms with Crippen LogP contribution in [0.2, 0.25) is 0 Å². The summed E-state index contributed by atoms with van der Waals surface area (Å²) in [6.07, 6.45) is 0. The minimum absolute atomic E-state index is 0.535. The van der Waals surface area contributed by atoms with E-state index in [0.29, 0.717) is 36.1 Å². The van der Waals surface area contributed by atoms with Crippen LogP contribution in [0.3, 0.4) is 0 Å². The molecule has 0 heterocycles. The summed E-state index contributed by atoms with van der Waals surface area (Å²) in [6.45, 7) is 4.85. The zero-order valence-electron chi connectivity index (χ0n) is 8.54. The largest absolute Gasteiger partial charge is 0.488 e. The molecule has 4 N–H and O–H groups in total. The highest BCUT2D eigenvalue weighted by Crippen LogP contribution is 2.38. The van der Waals surface area contributed by atoms with E-state index >= 15 is 0 Å². The molecule has 4 nitrogen and oxygen atoms in total. The van der Waals surface area contributed by atoms with Gasteiger partial charge in [-0.3, -0.25) is 0 Å². The summed E-state index contributed by atoms with van der Waals surface area (Å²) < 4.78 is 10.7. The third kappa shape index (κ3) is 2.02. The molecule has 0 saturated carbocycles. The summed E-state index contributed by atoms with van der Waals surface area (Å²) in [6, 6.07) is 3.42. The Kier molecular flexibility index (Phi) is 3.45. The molecule has 1 rings (SSSR count). The molecule has 0 bridgehead atoms. The number of benzene rings is 1. The number of hydrogen-bond donors (Lipinski definition) is 2. The van der Waals surface area contributed by atoms with Crippen LogP contribution in [0.15, 0.2) is 12.1 Å². The fraction of sp³-hybridized carbons (Fsp3) is 0.400. The molecule has 0 aliphatic heterocycles. The van der Waals surface area contributed by atoms with Gasteiger partial charge in [0, 0.05) is 0 Å². The summed E-state index contributed by atoms with van der Waals surface area (Å²) >= 11 is 0. The molecule has 0 aliphatic rings. The van der Waals surface area contributed by atoms with Gasteiger partial charge in [-0.2, -0.15) is 0 Å². The average molecular weight is 196 g/mol. The van der Waals surface area contributed by atoms with Crippen molar-refractivity contribution in [3.8, 4) is 11.5 Å². The van der Waals surface area contributed by atoms with E-state index < -0.39 is 0 Å². The van der Waals surface area contributed by atoms with Crippen molar-refractivity contribution in [2.45, 2.75) is 13.8 Å². The lowest BCUT2D eigenvalue weighted by atomic mass is 10.2. The Hall–Kier alpha value is -1.58. The van der Waals surface area contributed by atoms with Crippen LogP contribution in [-0.2, 0) is 0 Å².